The molecule has 0 aliphatic rings. The van der Waals surface area contributed by atoms with Gasteiger partial charge in [-0.25, -0.2) is 4.98 Å². The van der Waals surface area contributed by atoms with Gasteiger partial charge in [0.2, 0.25) is 0 Å². The van der Waals surface area contributed by atoms with Crippen LogP contribution in [0.15, 0.2) is 12.5 Å². The molecule has 0 atom stereocenters. The van der Waals surface area contributed by atoms with E-state index >= 15 is 0 Å². The summed E-state index contributed by atoms with van der Waals surface area (Å²) in [5.41, 5.74) is 0.946. The molecule has 1 heterocycles. The number of H-pyrrole nitrogens is 1. The van der Waals surface area contributed by atoms with Gasteiger partial charge >= 0.3 is 29.6 Å². The van der Waals surface area contributed by atoms with E-state index in [1.54, 1.807) is 12.5 Å². The molecule has 0 saturated carbocycles. The van der Waals surface area contributed by atoms with Gasteiger partial charge in [-0.2, -0.15) is 0 Å². The van der Waals surface area contributed by atoms with Gasteiger partial charge in [-0.3, -0.25) is 0 Å². The molecule has 0 aliphatic heterocycles. The summed E-state index contributed by atoms with van der Waals surface area (Å²) in [6, 6.07) is 0. The van der Waals surface area contributed by atoms with Crippen LogP contribution in [-0.4, -0.2) is 45.8 Å². The molecule has 50 valence electrons. The van der Waals surface area contributed by atoms with Crippen LogP contribution in [0.3, 0.4) is 0 Å². The molecule has 1 aromatic heterocycles. The fourth-order valence-electron chi connectivity index (χ4n) is 0.634. The Labute approximate surface area is 81.5 Å². The predicted octanol–water partition coefficient (Wildman–Crippen LogP) is -0.107. The Morgan fingerprint density at radius 2 is 2.50 bits per heavy atom. The fourth-order valence-corrected chi connectivity index (χ4v) is 0.634. The zero-order valence-corrected chi connectivity index (χ0v) is 5.00. The second kappa shape index (κ2) is 5.65. The van der Waals surface area contributed by atoms with Crippen LogP contribution in [0, 0.1) is 0 Å². The molecule has 0 spiro atoms. The van der Waals surface area contributed by atoms with Crippen LogP contribution in [0.5, 0.6) is 0 Å². The van der Waals surface area contributed by atoms with E-state index in [-0.39, 0.29) is 29.6 Å². The van der Waals surface area contributed by atoms with E-state index in [1.807, 2.05) is 0 Å². The van der Waals surface area contributed by atoms with Gasteiger partial charge < -0.3 is 9.78 Å². The Bertz CT molecular complexity index is 174. The number of carbonyl (C=O) groups excluding carboxylic acids is 1. The van der Waals surface area contributed by atoms with Crippen molar-refractivity contribution in [2.75, 3.05) is 0 Å². The molecule has 10 heavy (non-hydrogen) atoms. The van der Waals surface area contributed by atoms with Crippen molar-refractivity contribution in [3.05, 3.63) is 18.2 Å². The molecule has 3 nitrogen and oxygen atoms in total. The van der Waals surface area contributed by atoms with Crippen molar-refractivity contribution in [3.8, 4) is 0 Å². The van der Waals surface area contributed by atoms with E-state index in [9.17, 15) is 4.79 Å². The Hall–Kier alpha value is -0.120. The number of rotatable bonds is 3. The number of nitrogens with zero attached hydrogens (tertiary/aromatic N) is 1. The third-order valence-electron chi connectivity index (χ3n) is 1.07. The van der Waals surface area contributed by atoms with Gasteiger partial charge in [0.15, 0.2) is 0 Å². The maximum absolute atomic E-state index is 9.86. The monoisotopic (exact) mass is 148 g/mol. The average Bonchev–Trinajstić information content (AvgIpc) is 2.34. The van der Waals surface area contributed by atoms with Gasteiger partial charge in [0.05, 0.1) is 12.0 Å². The van der Waals surface area contributed by atoms with Gasteiger partial charge in [-0.15, -0.1) is 0 Å². The van der Waals surface area contributed by atoms with E-state index < -0.39 is 0 Å². The Morgan fingerprint density at radius 3 is 3.00 bits per heavy atom. The second-order valence-corrected chi connectivity index (χ2v) is 1.77. The molecule has 0 unspecified atom stereocenters. The normalized spacial score (nSPS) is 8.40. The molecule has 0 bridgehead atoms. The Kier molecular flexibility index (Phi) is 5.58. The molecule has 0 aromatic carbocycles. The number of imidazole rings is 1. The van der Waals surface area contributed by atoms with E-state index in [1.165, 1.54) is 0 Å². The number of aryl methyl sites for hydroxylation is 1. The molecule has 0 saturated heterocycles. The number of hydrogen-bond acceptors (Lipinski definition) is 2. The summed E-state index contributed by atoms with van der Waals surface area (Å²) >= 11 is 0. The molecule has 1 N–H and O–H groups in total. The first-order chi connectivity index (χ1) is 4.43. The van der Waals surface area contributed by atoms with Crippen LogP contribution >= 0.6 is 0 Å². The topological polar surface area (TPSA) is 45.8 Å². The summed E-state index contributed by atoms with van der Waals surface area (Å²) in [6.45, 7) is 0. The van der Waals surface area contributed by atoms with Gasteiger partial charge in [0.1, 0.15) is 6.29 Å². The van der Waals surface area contributed by atoms with Crippen LogP contribution in [0.4, 0.5) is 0 Å². The standard InChI is InChI=1S/C6H8N2O.Na.H/c9-3-1-2-6-4-7-5-8-6;;/h3-5H,1-2H2,(H,7,8);;. The minimum absolute atomic E-state index is 0. The first-order valence-electron chi connectivity index (χ1n) is 2.85. The molecule has 0 fully saturated rings. The summed E-state index contributed by atoms with van der Waals surface area (Å²) in [6.07, 6.45) is 5.61. The van der Waals surface area contributed by atoms with E-state index in [4.69, 9.17) is 0 Å². The van der Waals surface area contributed by atoms with E-state index in [2.05, 4.69) is 9.97 Å². The van der Waals surface area contributed by atoms with Crippen LogP contribution in [0.2, 0.25) is 0 Å². The van der Waals surface area contributed by atoms with Crippen molar-refractivity contribution in [3.63, 3.8) is 0 Å². The summed E-state index contributed by atoms with van der Waals surface area (Å²) in [5.74, 6) is 0. The Morgan fingerprint density at radius 1 is 1.70 bits per heavy atom. The number of hydrogen-bond donors (Lipinski definition) is 1. The zero-order chi connectivity index (χ0) is 6.53. The van der Waals surface area contributed by atoms with E-state index in [0.29, 0.717) is 6.42 Å². The number of aromatic nitrogens is 2. The zero-order valence-electron chi connectivity index (χ0n) is 5.00. The van der Waals surface area contributed by atoms with Gasteiger partial charge in [-0.1, -0.05) is 0 Å². The van der Waals surface area contributed by atoms with Gasteiger partial charge in [0.25, 0.3) is 0 Å². The van der Waals surface area contributed by atoms with Crippen LogP contribution < -0.4 is 0 Å². The summed E-state index contributed by atoms with van der Waals surface area (Å²) in [5, 5.41) is 0. The summed E-state index contributed by atoms with van der Waals surface area (Å²) < 4.78 is 0. The third kappa shape index (κ3) is 3.15. The molecule has 4 heteroatoms. The fraction of sp³-hybridized carbons (Fsp3) is 0.333. The first-order valence-corrected chi connectivity index (χ1v) is 2.85. The second-order valence-electron chi connectivity index (χ2n) is 1.77. The molecule has 1 aromatic rings. The summed E-state index contributed by atoms with van der Waals surface area (Å²) in [4.78, 5) is 16.6. The van der Waals surface area contributed by atoms with Crippen molar-refractivity contribution in [2.45, 2.75) is 12.8 Å². The van der Waals surface area contributed by atoms with Crippen molar-refractivity contribution in [2.24, 2.45) is 0 Å². The van der Waals surface area contributed by atoms with Gasteiger partial charge in [0, 0.05) is 12.6 Å². The maximum atomic E-state index is 9.86. The minimum atomic E-state index is 0. The number of aldehydes is 1. The van der Waals surface area contributed by atoms with E-state index in [0.717, 1.165) is 18.4 Å². The molecular formula is C6H9N2NaO. The Balaban J connectivity index is 0.000000810. The number of carbonyl (C=O) groups is 1. The number of nitrogens with one attached hydrogen (secondary N) is 1. The molecule has 1 rings (SSSR count). The van der Waals surface area contributed by atoms with Gasteiger partial charge in [-0.05, 0) is 6.42 Å². The quantitative estimate of drug-likeness (QED) is 0.480. The van der Waals surface area contributed by atoms with Crippen LogP contribution in [0.25, 0.3) is 0 Å². The molecule has 0 aliphatic carbocycles. The van der Waals surface area contributed by atoms with Crippen LogP contribution in [-0.2, 0) is 11.2 Å². The first kappa shape index (κ1) is 9.88. The van der Waals surface area contributed by atoms with Crippen molar-refractivity contribution >= 4 is 35.8 Å². The molecule has 0 radical (unpaired) electrons. The molecule has 0 amide bonds. The predicted molar refractivity (Wildman–Crippen MR) is 40.1 cm³/mol. The van der Waals surface area contributed by atoms with Crippen LogP contribution in [0.1, 0.15) is 12.1 Å². The SMILES string of the molecule is O=CCCc1c[nH]cn1.[NaH]. The molecular weight excluding hydrogens is 139 g/mol. The van der Waals surface area contributed by atoms with Crippen molar-refractivity contribution in [1.82, 2.24) is 9.97 Å². The van der Waals surface area contributed by atoms with Crippen molar-refractivity contribution in [1.29, 1.82) is 0 Å². The number of aromatic amines is 1. The van der Waals surface area contributed by atoms with Crippen molar-refractivity contribution < 1.29 is 4.79 Å². The summed E-state index contributed by atoms with van der Waals surface area (Å²) in [7, 11) is 0. The third-order valence-corrected chi connectivity index (χ3v) is 1.07. The average molecular weight is 148 g/mol.